The first-order valence-corrected chi connectivity index (χ1v) is 7.23. The Morgan fingerprint density at radius 1 is 1.44 bits per heavy atom. The molecule has 0 aliphatic heterocycles. The van der Waals surface area contributed by atoms with Crippen molar-refractivity contribution >= 4 is 33.2 Å². The minimum Gasteiger partial charge on any atom is -0.477 e. The van der Waals surface area contributed by atoms with Gasteiger partial charge in [0.15, 0.2) is 0 Å². The molecule has 0 aliphatic carbocycles. The van der Waals surface area contributed by atoms with Crippen LogP contribution in [0.3, 0.4) is 0 Å². The third-order valence-electron chi connectivity index (χ3n) is 2.64. The average Bonchev–Trinajstić information content (AvgIpc) is 2.60. The summed E-state index contributed by atoms with van der Waals surface area (Å²) in [6.07, 6.45) is 4.32. The van der Waals surface area contributed by atoms with Gasteiger partial charge in [-0.05, 0) is 46.3 Å². The maximum absolute atomic E-state index is 11.1. The molecule has 2 nitrogen and oxygen atoms in total. The molecule has 0 amide bonds. The highest BCUT2D eigenvalue weighted by atomic mass is 79.9. The maximum atomic E-state index is 11.1. The van der Waals surface area contributed by atoms with E-state index in [1.807, 2.05) is 6.07 Å². The van der Waals surface area contributed by atoms with Gasteiger partial charge in [-0.25, -0.2) is 4.79 Å². The third-order valence-corrected chi connectivity index (χ3v) is 4.28. The fourth-order valence-electron chi connectivity index (χ4n) is 2.00. The summed E-state index contributed by atoms with van der Waals surface area (Å²) in [5, 5.41) is 9.15. The van der Waals surface area contributed by atoms with Gasteiger partial charge in [-0.2, -0.15) is 0 Å². The van der Waals surface area contributed by atoms with E-state index in [-0.39, 0.29) is 0 Å². The lowest BCUT2D eigenvalue weighted by atomic mass is 9.91. The van der Waals surface area contributed by atoms with Crippen molar-refractivity contribution in [2.24, 2.45) is 0 Å². The van der Waals surface area contributed by atoms with E-state index in [4.69, 9.17) is 5.11 Å². The SMILES string of the molecule is CCCC(CCC)c1cc(Br)sc1C(=O)O. The van der Waals surface area contributed by atoms with Crippen LogP contribution >= 0.6 is 27.3 Å². The van der Waals surface area contributed by atoms with Crippen LogP contribution in [0.15, 0.2) is 9.85 Å². The van der Waals surface area contributed by atoms with E-state index in [0.717, 1.165) is 35.0 Å². The topological polar surface area (TPSA) is 37.3 Å². The molecule has 1 N–H and O–H groups in total. The lowest BCUT2D eigenvalue weighted by Gasteiger charge is -2.14. The Morgan fingerprint density at radius 3 is 2.44 bits per heavy atom. The summed E-state index contributed by atoms with van der Waals surface area (Å²) in [5.74, 6) is -0.411. The van der Waals surface area contributed by atoms with Crippen LogP contribution in [-0.2, 0) is 0 Å². The van der Waals surface area contributed by atoms with Crippen LogP contribution < -0.4 is 0 Å². The number of hydrogen-bond donors (Lipinski definition) is 1. The van der Waals surface area contributed by atoms with Gasteiger partial charge in [0.25, 0.3) is 0 Å². The third kappa shape index (κ3) is 3.32. The standard InChI is InChI=1S/C12H17BrO2S/c1-3-5-8(6-4-2)9-7-10(13)16-11(9)12(14)15/h7-8H,3-6H2,1-2H3,(H,14,15). The van der Waals surface area contributed by atoms with Crippen LogP contribution in [0, 0.1) is 0 Å². The first-order chi connectivity index (χ1) is 7.60. The normalized spacial score (nSPS) is 11.0. The molecule has 0 spiro atoms. The van der Waals surface area contributed by atoms with Gasteiger partial charge in [-0.15, -0.1) is 11.3 Å². The maximum Gasteiger partial charge on any atom is 0.346 e. The zero-order valence-electron chi connectivity index (χ0n) is 9.62. The Labute approximate surface area is 109 Å². The summed E-state index contributed by atoms with van der Waals surface area (Å²) in [6, 6.07) is 1.98. The fourth-order valence-corrected chi connectivity index (χ4v) is 3.54. The summed E-state index contributed by atoms with van der Waals surface area (Å²) in [6.45, 7) is 4.29. The summed E-state index contributed by atoms with van der Waals surface area (Å²) in [7, 11) is 0. The molecule has 90 valence electrons. The summed E-state index contributed by atoms with van der Waals surface area (Å²) in [5.41, 5.74) is 1.01. The largest absolute Gasteiger partial charge is 0.477 e. The van der Waals surface area contributed by atoms with Crippen molar-refractivity contribution in [1.29, 1.82) is 0 Å². The highest BCUT2D eigenvalue weighted by molar-refractivity contribution is 9.11. The molecule has 0 radical (unpaired) electrons. The Morgan fingerprint density at radius 2 is 2.00 bits per heavy atom. The number of carboxylic acid groups (broad SMARTS) is 1. The molecule has 1 heterocycles. The molecule has 0 saturated carbocycles. The molecule has 1 rings (SSSR count). The van der Waals surface area contributed by atoms with E-state index >= 15 is 0 Å². The molecule has 1 aromatic rings. The molecular formula is C12H17BrO2S. The number of carboxylic acids is 1. The molecule has 0 fully saturated rings. The first kappa shape index (κ1) is 13.7. The number of carbonyl (C=O) groups is 1. The number of aromatic carboxylic acids is 1. The van der Waals surface area contributed by atoms with Gasteiger partial charge in [0.2, 0.25) is 0 Å². The molecule has 0 aliphatic rings. The monoisotopic (exact) mass is 304 g/mol. The molecule has 0 bridgehead atoms. The number of hydrogen-bond acceptors (Lipinski definition) is 2. The zero-order chi connectivity index (χ0) is 12.1. The lowest BCUT2D eigenvalue weighted by Crippen LogP contribution is -2.04. The van der Waals surface area contributed by atoms with Crippen LogP contribution in [0.25, 0.3) is 0 Å². The van der Waals surface area contributed by atoms with Crippen molar-refractivity contribution in [3.8, 4) is 0 Å². The Bertz CT molecular complexity index is 354. The van der Waals surface area contributed by atoms with Gasteiger partial charge in [0, 0.05) is 0 Å². The second-order valence-corrected chi connectivity index (χ2v) is 6.35. The fraction of sp³-hybridized carbons (Fsp3) is 0.583. The smallest absolute Gasteiger partial charge is 0.346 e. The lowest BCUT2D eigenvalue weighted by molar-refractivity contribution is 0.0700. The van der Waals surface area contributed by atoms with Crippen LogP contribution in [0.5, 0.6) is 0 Å². The van der Waals surface area contributed by atoms with Crippen molar-refractivity contribution in [3.05, 3.63) is 20.3 Å². The Hall–Kier alpha value is -0.350. The first-order valence-electron chi connectivity index (χ1n) is 5.62. The Kier molecular flexibility index (Phi) is 5.49. The van der Waals surface area contributed by atoms with Gasteiger partial charge in [0.05, 0.1) is 3.79 Å². The molecule has 0 atom stereocenters. The quantitative estimate of drug-likeness (QED) is 0.812. The Balaban J connectivity index is 3.01. The highest BCUT2D eigenvalue weighted by Gasteiger charge is 2.21. The molecule has 1 aromatic heterocycles. The van der Waals surface area contributed by atoms with Crippen molar-refractivity contribution in [1.82, 2.24) is 0 Å². The van der Waals surface area contributed by atoms with Crippen LogP contribution in [0.2, 0.25) is 0 Å². The van der Waals surface area contributed by atoms with Crippen LogP contribution in [0.1, 0.15) is 60.7 Å². The van der Waals surface area contributed by atoms with Crippen molar-refractivity contribution in [2.45, 2.75) is 45.4 Å². The molecule has 4 heteroatoms. The van der Waals surface area contributed by atoms with Gasteiger partial charge in [-0.3, -0.25) is 0 Å². The van der Waals surface area contributed by atoms with E-state index < -0.39 is 5.97 Å². The number of rotatable bonds is 6. The van der Waals surface area contributed by atoms with Gasteiger partial charge < -0.3 is 5.11 Å². The zero-order valence-corrected chi connectivity index (χ0v) is 12.0. The van der Waals surface area contributed by atoms with Gasteiger partial charge >= 0.3 is 5.97 Å². The van der Waals surface area contributed by atoms with E-state index in [0.29, 0.717) is 10.8 Å². The average molecular weight is 305 g/mol. The second-order valence-electron chi connectivity index (χ2n) is 3.91. The molecule has 0 saturated heterocycles. The molecule has 0 unspecified atom stereocenters. The number of thiophene rings is 1. The molecular weight excluding hydrogens is 288 g/mol. The summed E-state index contributed by atoms with van der Waals surface area (Å²) < 4.78 is 0.914. The summed E-state index contributed by atoms with van der Waals surface area (Å²) >= 11 is 4.70. The molecule has 16 heavy (non-hydrogen) atoms. The predicted molar refractivity (Wildman–Crippen MR) is 71.5 cm³/mol. The van der Waals surface area contributed by atoms with Crippen LogP contribution in [-0.4, -0.2) is 11.1 Å². The van der Waals surface area contributed by atoms with E-state index in [1.165, 1.54) is 11.3 Å². The second kappa shape index (κ2) is 6.40. The van der Waals surface area contributed by atoms with E-state index in [2.05, 4.69) is 29.8 Å². The van der Waals surface area contributed by atoms with E-state index in [1.54, 1.807) is 0 Å². The number of halogens is 1. The highest BCUT2D eigenvalue weighted by Crippen LogP contribution is 2.36. The van der Waals surface area contributed by atoms with Crippen LogP contribution in [0.4, 0.5) is 0 Å². The van der Waals surface area contributed by atoms with Gasteiger partial charge in [-0.1, -0.05) is 26.7 Å². The predicted octanol–water partition coefficient (Wildman–Crippen LogP) is 4.89. The minimum atomic E-state index is -0.803. The van der Waals surface area contributed by atoms with Crippen molar-refractivity contribution in [3.63, 3.8) is 0 Å². The summed E-state index contributed by atoms with van der Waals surface area (Å²) in [4.78, 5) is 11.6. The minimum absolute atomic E-state index is 0.392. The van der Waals surface area contributed by atoms with Crippen molar-refractivity contribution < 1.29 is 9.90 Å². The van der Waals surface area contributed by atoms with Gasteiger partial charge in [0.1, 0.15) is 4.88 Å². The van der Waals surface area contributed by atoms with E-state index in [9.17, 15) is 4.79 Å². The van der Waals surface area contributed by atoms with Crippen molar-refractivity contribution in [2.75, 3.05) is 0 Å². The molecule has 0 aromatic carbocycles.